The fourth-order valence-corrected chi connectivity index (χ4v) is 7.23. The summed E-state index contributed by atoms with van der Waals surface area (Å²) in [5.74, 6) is 0.568. The molecule has 5 nitrogen and oxygen atoms in total. The van der Waals surface area contributed by atoms with Crippen molar-refractivity contribution >= 4 is 77.9 Å². The lowest BCUT2D eigenvalue weighted by Gasteiger charge is -2.27. The van der Waals surface area contributed by atoms with E-state index in [0.29, 0.717) is 5.89 Å². The van der Waals surface area contributed by atoms with E-state index >= 15 is 0 Å². The first-order valence-corrected chi connectivity index (χ1v) is 17.4. The van der Waals surface area contributed by atoms with Gasteiger partial charge >= 0.3 is 0 Å². The Bertz CT molecular complexity index is 2810. The summed E-state index contributed by atoms with van der Waals surface area (Å²) in [6, 6.07) is 64.8. The second-order valence-corrected chi connectivity index (χ2v) is 12.8. The smallest absolute Gasteiger partial charge is 0.227 e. The van der Waals surface area contributed by atoms with Gasteiger partial charge in [0.1, 0.15) is 16.7 Å². The van der Waals surface area contributed by atoms with Crippen LogP contribution in [0.2, 0.25) is 0 Å². The number of furan rings is 1. The summed E-state index contributed by atoms with van der Waals surface area (Å²) in [7, 11) is 0. The standard InChI is InChI=1S/C47H31N3O2/c1-5-15-32(16-6-1)47-48-45-42(50(36-21-11-4-12-22-36)38-27-28-40-39-23-13-14-24-43(39)51-44(40)31-38)29-33-25-26-37(30-41(33)46(45)52-47)49(34-17-7-2-8-18-34)35-19-9-3-10-20-35/h1-31H. The molecule has 2 aromatic heterocycles. The van der Waals surface area contributed by atoms with Gasteiger partial charge in [-0.2, -0.15) is 0 Å². The molecule has 246 valence electrons. The molecule has 0 aliphatic carbocycles. The van der Waals surface area contributed by atoms with Crippen LogP contribution in [-0.2, 0) is 0 Å². The monoisotopic (exact) mass is 669 g/mol. The molecular weight excluding hydrogens is 639 g/mol. The Balaban J connectivity index is 1.23. The Kier molecular flexibility index (Phi) is 7.07. The zero-order valence-electron chi connectivity index (χ0n) is 28.1. The number of aromatic nitrogens is 1. The first-order chi connectivity index (χ1) is 25.8. The van der Waals surface area contributed by atoms with Crippen molar-refractivity contribution in [2.75, 3.05) is 9.80 Å². The molecule has 0 saturated heterocycles. The van der Waals surface area contributed by atoms with Crippen LogP contribution in [0.15, 0.2) is 197 Å². The highest BCUT2D eigenvalue weighted by molar-refractivity contribution is 6.13. The van der Waals surface area contributed by atoms with E-state index in [-0.39, 0.29) is 0 Å². The highest BCUT2D eigenvalue weighted by Gasteiger charge is 2.24. The molecule has 0 bridgehead atoms. The molecule has 0 N–H and O–H groups in total. The Labute approximate surface area is 300 Å². The number of nitrogens with zero attached hydrogens (tertiary/aromatic N) is 3. The Morgan fingerprint density at radius 3 is 1.63 bits per heavy atom. The maximum atomic E-state index is 6.81. The zero-order valence-corrected chi connectivity index (χ0v) is 28.1. The van der Waals surface area contributed by atoms with Crippen LogP contribution in [0.25, 0.3) is 55.3 Å². The van der Waals surface area contributed by atoms with E-state index in [9.17, 15) is 0 Å². The second kappa shape index (κ2) is 12.3. The predicted octanol–water partition coefficient (Wildman–Crippen LogP) is 13.5. The van der Waals surface area contributed by atoms with Crippen molar-refractivity contribution in [2.45, 2.75) is 0 Å². The molecular formula is C47H31N3O2. The molecule has 8 aromatic carbocycles. The number of oxazole rings is 1. The highest BCUT2D eigenvalue weighted by atomic mass is 16.3. The predicted molar refractivity (Wildman–Crippen MR) is 214 cm³/mol. The van der Waals surface area contributed by atoms with Gasteiger partial charge in [0.2, 0.25) is 5.89 Å². The molecule has 5 heteroatoms. The van der Waals surface area contributed by atoms with Gasteiger partial charge in [0.25, 0.3) is 0 Å². The third kappa shape index (κ3) is 5.07. The van der Waals surface area contributed by atoms with Crippen LogP contribution >= 0.6 is 0 Å². The normalized spacial score (nSPS) is 11.5. The zero-order chi connectivity index (χ0) is 34.4. The summed E-state index contributed by atoms with van der Waals surface area (Å²) < 4.78 is 13.2. The molecule has 0 aliphatic heterocycles. The van der Waals surface area contributed by atoms with Crippen LogP contribution in [-0.4, -0.2) is 4.98 Å². The molecule has 0 fully saturated rings. The quantitative estimate of drug-likeness (QED) is 0.169. The summed E-state index contributed by atoms with van der Waals surface area (Å²) in [5.41, 5.74) is 10.1. The number of hydrogen-bond donors (Lipinski definition) is 0. The minimum atomic E-state index is 0.568. The number of hydrogen-bond acceptors (Lipinski definition) is 5. The minimum Gasteiger partial charge on any atom is -0.456 e. The van der Waals surface area contributed by atoms with E-state index < -0.39 is 0 Å². The number of anilines is 6. The highest BCUT2D eigenvalue weighted by Crippen LogP contribution is 2.46. The van der Waals surface area contributed by atoms with Crippen molar-refractivity contribution in [2.24, 2.45) is 0 Å². The van der Waals surface area contributed by atoms with Crippen molar-refractivity contribution in [1.29, 1.82) is 0 Å². The van der Waals surface area contributed by atoms with Gasteiger partial charge in [-0.3, -0.25) is 0 Å². The van der Waals surface area contributed by atoms with Gasteiger partial charge in [-0.25, -0.2) is 4.98 Å². The molecule has 0 atom stereocenters. The summed E-state index contributed by atoms with van der Waals surface area (Å²) in [4.78, 5) is 9.77. The SMILES string of the molecule is c1ccc(-c2nc3c(N(c4ccccc4)c4ccc5c(c4)oc4ccccc45)cc4ccc(N(c5ccccc5)c5ccccc5)cc4c3o2)cc1. The first kappa shape index (κ1) is 29.8. The van der Waals surface area contributed by atoms with E-state index in [1.807, 2.05) is 66.7 Å². The number of fused-ring (bicyclic) bond motifs is 6. The van der Waals surface area contributed by atoms with Crippen LogP contribution in [0, 0.1) is 0 Å². The average molecular weight is 670 g/mol. The van der Waals surface area contributed by atoms with E-state index in [2.05, 4.69) is 131 Å². The maximum absolute atomic E-state index is 6.81. The number of para-hydroxylation sites is 4. The minimum absolute atomic E-state index is 0.568. The van der Waals surface area contributed by atoms with Crippen LogP contribution in [0.1, 0.15) is 0 Å². The third-order valence-corrected chi connectivity index (χ3v) is 9.63. The lowest BCUT2D eigenvalue weighted by molar-refractivity contribution is 0.623. The lowest BCUT2D eigenvalue weighted by Crippen LogP contribution is -2.11. The van der Waals surface area contributed by atoms with Crippen LogP contribution in [0.5, 0.6) is 0 Å². The fourth-order valence-electron chi connectivity index (χ4n) is 7.23. The number of rotatable bonds is 7. The molecule has 0 saturated carbocycles. The Morgan fingerprint density at radius 1 is 0.385 bits per heavy atom. The Hall–Kier alpha value is -7.11. The average Bonchev–Trinajstić information content (AvgIpc) is 3.83. The Morgan fingerprint density at radius 2 is 0.942 bits per heavy atom. The molecule has 52 heavy (non-hydrogen) atoms. The van der Waals surface area contributed by atoms with Crippen LogP contribution in [0.4, 0.5) is 34.1 Å². The summed E-state index contributed by atoms with van der Waals surface area (Å²) >= 11 is 0. The van der Waals surface area contributed by atoms with E-state index in [1.165, 1.54) is 0 Å². The fraction of sp³-hybridized carbons (Fsp3) is 0. The first-order valence-electron chi connectivity index (χ1n) is 17.4. The molecule has 10 rings (SSSR count). The topological polar surface area (TPSA) is 45.7 Å². The van der Waals surface area contributed by atoms with E-state index in [1.54, 1.807) is 0 Å². The van der Waals surface area contributed by atoms with Crippen molar-refractivity contribution in [1.82, 2.24) is 4.98 Å². The van der Waals surface area contributed by atoms with Gasteiger partial charge in [-0.05, 0) is 90.3 Å². The number of benzene rings is 8. The van der Waals surface area contributed by atoms with Crippen LogP contribution < -0.4 is 9.80 Å². The lowest BCUT2D eigenvalue weighted by atomic mass is 10.0. The third-order valence-electron chi connectivity index (χ3n) is 9.63. The summed E-state index contributed by atoms with van der Waals surface area (Å²) in [6.07, 6.45) is 0. The largest absolute Gasteiger partial charge is 0.456 e. The van der Waals surface area contributed by atoms with Gasteiger partial charge in [0, 0.05) is 56.2 Å². The van der Waals surface area contributed by atoms with Crippen molar-refractivity contribution in [3.63, 3.8) is 0 Å². The summed E-state index contributed by atoms with van der Waals surface area (Å²) in [5, 5.41) is 4.19. The molecule has 0 amide bonds. The van der Waals surface area contributed by atoms with E-state index in [0.717, 1.165) is 83.5 Å². The van der Waals surface area contributed by atoms with Crippen molar-refractivity contribution in [3.8, 4) is 11.5 Å². The van der Waals surface area contributed by atoms with Gasteiger partial charge in [0.15, 0.2) is 5.58 Å². The van der Waals surface area contributed by atoms with Gasteiger partial charge < -0.3 is 18.6 Å². The maximum Gasteiger partial charge on any atom is 0.227 e. The van der Waals surface area contributed by atoms with Gasteiger partial charge in [0.05, 0.1) is 5.69 Å². The molecule has 0 aliphatic rings. The van der Waals surface area contributed by atoms with Gasteiger partial charge in [-0.1, -0.05) is 97.1 Å². The second-order valence-electron chi connectivity index (χ2n) is 12.8. The molecule has 0 radical (unpaired) electrons. The summed E-state index contributed by atoms with van der Waals surface area (Å²) in [6.45, 7) is 0. The van der Waals surface area contributed by atoms with Gasteiger partial charge in [-0.15, -0.1) is 0 Å². The molecule has 0 spiro atoms. The molecule has 10 aromatic rings. The van der Waals surface area contributed by atoms with E-state index in [4.69, 9.17) is 13.8 Å². The van der Waals surface area contributed by atoms with Crippen LogP contribution in [0.3, 0.4) is 0 Å². The molecule has 0 unspecified atom stereocenters. The van der Waals surface area contributed by atoms with Crippen molar-refractivity contribution < 1.29 is 8.83 Å². The molecule has 2 heterocycles. The van der Waals surface area contributed by atoms with Crippen molar-refractivity contribution in [3.05, 3.63) is 188 Å².